The van der Waals surface area contributed by atoms with Crippen molar-refractivity contribution in [2.75, 3.05) is 0 Å². The van der Waals surface area contributed by atoms with E-state index in [1.807, 2.05) is 60.7 Å². The van der Waals surface area contributed by atoms with Crippen LogP contribution in [-0.4, -0.2) is 16.8 Å². The summed E-state index contributed by atoms with van der Waals surface area (Å²) in [6, 6.07) is 18.8. The number of urea groups is 1. The Morgan fingerprint density at radius 2 is 1.58 bits per heavy atom. The van der Waals surface area contributed by atoms with Crippen molar-refractivity contribution in [2.24, 2.45) is 0 Å². The summed E-state index contributed by atoms with van der Waals surface area (Å²) in [5, 5.41) is 2.98. The molecule has 4 nitrogen and oxygen atoms in total. The minimum absolute atomic E-state index is 0.156. The topological polar surface area (TPSA) is 49.4 Å². The van der Waals surface area contributed by atoms with Crippen LogP contribution in [0.15, 0.2) is 60.7 Å². The van der Waals surface area contributed by atoms with Crippen molar-refractivity contribution in [3.8, 4) is 0 Å². The average Bonchev–Trinajstić information content (AvgIpc) is 2.87. The van der Waals surface area contributed by atoms with Crippen LogP contribution in [0, 0.1) is 0 Å². The lowest BCUT2D eigenvalue weighted by Crippen LogP contribution is -2.44. The van der Waals surface area contributed by atoms with E-state index in [2.05, 4.69) is 12.2 Å². The second kappa shape index (κ2) is 6.87. The van der Waals surface area contributed by atoms with Gasteiger partial charge in [-0.05, 0) is 17.5 Å². The van der Waals surface area contributed by atoms with Crippen LogP contribution >= 0.6 is 0 Å². The van der Waals surface area contributed by atoms with Crippen molar-refractivity contribution in [1.82, 2.24) is 10.2 Å². The van der Waals surface area contributed by atoms with E-state index in [9.17, 15) is 9.59 Å². The van der Waals surface area contributed by atoms with Gasteiger partial charge in [-0.25, -0.2) is 4.79 Å². The maximum Gasteiger partial charge on any atom is 0.325 e. The molecular weight excluding hydrogens is 300 g/mol. The van der Waals surface area contributed by atoms with E-state index < -0.39 is 5.54 Å². The fourth-order valence-corrected chi connectivity index (χ4v) is 3.21. The van der Waals surface area contributed by atoms with Gasteiger partial charge in [0.25, 0.3) is 5.91 Å². The molecule has 0 bridgehead atoms. The highest BCUT2D eigenvalue weighted by molar-refractivity contribution is 6.07. The normalized spacial score (nSPS) is 20.3. The van der Waals surface area contributed by atoms with E-state index in [0.29, 0.717) is 13.0 Å². The number of amides is 3. The van der Waals surface area contributed by atoms with Gasteiger partial charge >= 0.3 is 6.03 Å². The molecular formula is C20H22N2O2. The molecule has 0 spiro atoms. The fourth-order valence-electron chi connectivity index (χ4n) is 3.21. The van der Waals surface area contributed by atoms with Crippen molar-refractivity contribution in [1.29, 1.82) is 0 Å². The Morgan fingerprint density at radius 3 is 2.21 bits per heavy atom. The lowest BCUT2D eigenvalue weighted by molar-refractivity contribution is -0.132. The third-order valence-corrected chi connectivity index (χ3v) is 4.53. The maximum atomic E-state index is 13.2. The van der Waals surface area contributed by atoms with Gasteiger partial charge in [0.05, 0.1) is 6.54 Å². The van der Waals surface area contributed by atoms with Gasteiger partial charge in [0.1, 0.15) is 5.54 Å². The first-order valence-corrected chi connectivity index (χ1v) is 8.41. The highest BCUT2D eigenvalue weighted by Gasteiger charge is 2.51. The lowest BCUT2D eigenvalue weighted by Gasteiger charge is -2.27. The van der Waals surface area contributed by atoms with Gasteiger partial charge in [-0.1, -0.05) is 80.4 Å². The molecule has 2 aromatic rings. The van der Waals surface area contributed by atoms with E-state index in [1.54, 1.807) is 0 Å². The summed E-state index contributed by atoms with van der Waals surface area (Å²) in [7, 11) is 0. The highest BCUT2D eigenvalue weighted by atomic mass is 16.2. The minimum atomic E-state index is -0.941. The van der Waals surface area contributed by atoms with Crippen molar-refractivity contribution >= 4 is 11.9 Å². The Hall–Kier alpha value is -2.62. The summed E-state index contributed by atoms with van der Waals surface area (Å²) in [4.78, 5) is 27.1. The van der Waals surface area contributed by atoms with E-state index in [0.717, 1.165) is 24.0 Å². The highest BCUT2D eigenvalue weighted by Crippen LogP contribution is 2.34. The Bertz CT molecular complexity index is 715. The van der Waals surface area contributed by atoms with Crippen molar-refractivity contribution < 1.29 is 9.59 Å². The number of unbranched alkanes of at least 4 members (excludes halogenated alkanes) is 1. The SMILES string of the molecule is CCCCC1(c2ccccc2)NC(=O)N(Cc2ccccc2)C1=O. The standard InChI is InChI=1S/C20H22N2O2/c1-2-3-14-20(17-12-8-5-9-13-17)18(23)22(19(24)21-20)15-16-10-6-4-7-11-16/h4-13H,2-3,14-15H2,1H3,(H,21,24). The molecule has 1 aliphatic rings. The number of benzene rings is 2. The van der Waals surface area contributed by atoms with Gasteiger partial charge in [0, 0.05) is 0 Å². The lowest BCUT2D eigenvalue weighted by atomic mass is 9.85. The Balaban J connectivity index is 1.93. The van der Waals surface area contributed by atoms with Crippen LogP contribution in [0.4, 0.5) is 4.79 Å². The van der Waals surface area contributed by atoms with Crippen LogP contribution in [-0.2, 0) is 16.9 Å². The summed E-state index contributed by atoms with van der Waals surface area (Å²) in [6.45, 7) is 2.38. The van der Waals surface area contributed by atoms with Gasteiger partial charge in [0.15, 0.2) is 0 Å². The second-order valence-corrected chi connectivity index (χ2v) is 6.18. The molecule has 1 heterocycles. The molecule has 3 rings (SSSR count). The summed E-state index contributed by atoms with van der Waals surface area (Å²) >= 11 is 0. The van der Waals surface area contributed by atoms with E-state index in [1.165, 1.54) is 4.90 Å². The Kier molecular flexibility index (Phi) is 4.65. The van der Waals surface area contributed by atoms with Gasteiger partial charge < -0.3 is 5.32 Å². The molecule has 0 saturated carbocycles. The van der Waals surface area contributed by atoms with Crippen LogP contribution in [0.5, 0.6) is 0 Å². The fraction of sp³-hybridized carbons (Fsp3) is 0.300. The number of carbonyl (C=O) groups is 2. The monoisotopic (exact) mass is 322 g/mol. The summed E-state index contributed by atoms with van der Waals surface area (Å²) < 4.78 is 0. The zero-order chi connectivity index (χ0) is 17.0. The van der Waals surface area contributed by atoms with Crippen LogP contribution in [0.25, 0.3) is 0 Å². The van der Waals surface area contributed by atoms with Crippen LogP contribution in [0.3, 0.4) is 0 Å². The number of hydrogen-bond donors (Lipinski definition) is 1. The zero-order valence-corrected chi connectivity index (χ0v) is 13.9. The molecule has 1 aliphatic heterocycles. The number of rotatable bonds is 6. The third-order valence-electron chi connectivity index (χ3n) is 4.53. The van der Waals surface area contributed by atoms with E-state index in [-0.39, 0.29) is 11.9 Å². The third kappa shape index (κ3) is 2.92. The molecule has 0 radical (unpaired) electrons. The van der Waals surface area contributed by atoms with Crippen LogP contribution in [0.2, 0.25) is 0 Å². The number of hydrogen-bond acceptors (Lipinski definition) is 2. The van der Waals surface area contributed by atoms with Crippen molar-refractivity contribution in [2.45, 2.75) is 38.3 Å². The molecule has 4 heteroatoms. The minimum Gasteiger partial charge on any atom is -0.319 e. The molecule has 124 valence electrons. The van der Waals surface area contributed by atoms with Crippen LogP contribution in [0.1, 0.15) is 37.3 Å². The predicted octanol–water partition coefficient (Wildman–Crippen LogP) is 3.82. The van der Waals surface area contributed by atoms with Gasteiger partial charge in [-0.2, -0.15) is 0 Å². The molecule has 0 aromatic heterocycles. The number of carbonyl (C=O) groups excluding carboxylic acids is 2. The molecule has 1 saturated heterocycles. The molecule has 1 atom stereocenters. The smallest absolute Gasteiger partial charge is 0.319 e. The summed E-state index contributed by atoms with van der Waals surface area (Å²) in [5.41, 5.74) is 0.857. The van der Waals surface area contributed by atoms with E-state index in [4.69, 9.17) is 0 Å². The molecule has 2 aromatic carbocycles. The molecule has 1 unspecified atom stereocenters. The number of nitrogens with one attached hydrogen (secondary N) is 1. The number of nitrogens with zero attached hydrogens (tertiary/aromatic N) is 1. The summed E-state index contributed by atoms with van der Waals surface area (Å²) in [6.07, 6.45) is 2.46. The van der Waals surface area contributed by atoms with Crippen LogP contribution < -0.4 is 5.32 Å². The molecule has 1 fully saturated rings. The largest absolute Gasteiger partial charge is 0.325 e. The Morgan fingerprint density at radius 1 is 0.958 bits per heavy atom. The molecule has 24 heavy (non-hydrogen) atoms. The quantitative estimate of drug-likeness (QED) is 0.822. The molecule has 0 aliphatic carbocycles. The second-order valence-electron chi connectivity index (χ2n) is 6.18. The molecule has 1 N–H and O–H groups in total. The predicted molar refractivity (Wildman–Crippen MR) is 93.2 cm³/mol. The van der Waals surface area contributed by atoms with Gasteiger partial charge in [-0.3, -0.25) is 9.69 Å². The first-order chi connectivity index (χ1) is 11.7. The maximum absolute atomic E-state index is 13.2. The van der Waals surface area contributed by atoms with E-state index >= 15 is 0 Å². The van der Waals surface area contributed by atoms with Crippen molar-refractivity contribution in [3.05, 3.63) is 71.8 Å². The van der Waals surface area contributed by atoms with Gasteiger partial charge in [-0.15, -0.1) is 0 Å². The Labute approximate surface area is 142 Å². The van der Waals surface area contributed by atoms with Gasteiger partial charge in [0.2, 0.25) is 0 Å². The summed E-state index contributed by atoms with van der Waals surface area (Å²) in [5.74, 6) is -0.156. The zero-order valence-electron chi connectivity index (χ0n) is 13.9. The van der Waals surface area contributed by atoms with Crippen molar-refractivity contribution in [3.63, 3.8) is 0 Å². The average molecular weight is 322 g/mol. The first-order valence-electron chi connectivity index (χ1n) is 8.41. The molecule has 3 amide bonds. The first kappa shape index (κ1) is 16.2. The number of imide groups is 1.